The van der Waals surface area contributed by atoms with Crippen molar-refractivity contribution in [1.29, 1.82) is 0 Å². The minimum absolute atomic E-state index is 0.160. The lowest BCUT2D eigenvalue weighted by Gasteiger charge is -2.19. The Kier molecular flexibility index (Phi) is 9.40. The lowest BCUT2D eigenvalue weighted by Crippen LogP contribution is -2.29. The largest absolute Gasteiger partial charge is 0.310 e. The first-order valence-electron chi connectivity index (χ1n) is 10.5. The van der Waals surface area contributed by atoms with Crippen LogP contribution in [-0.2, 0) is 11.2 Å². The molecule has 6 heteroatoms. The third-order valence-corrected chi connectivity index (χ3v) is 5.51. The summed E-state index contributed by atoms with van der Waals surface area (Å²) >= 11 is 0. The summed E-state index contributed by atoms with van der Waals surface area (Å²) < 4.78 is 27.0. The molecule has 4 nitrogen and oxygen atoms in total. The molecule has 0 saturated carbocycles. The zero-order chi connectivity index (χ0) is 22.1. The molecule has 2 aromatic rings. The van der Waals surface area contributed by atoms with Gasteiger partial charge in [-0.05, 0) is 80.5 Å². The molecular formula is C24H32F2N2O2. The summed E-state index contributed by atoms with van der Waals surface area (Å²) in [5.41, 5.74) is 4.82. The molecule has 2 rings (SSSR count). The van der Waals surface area contributed by atoms with Gasteiger partial charge in [-0.15, -0.1) is 0 Å². The van der Waals surface area contributed by atoms with Crippen LogP contribution in [0.15, 0.2) is 36.4 Å². The number of aryl methyl sites for hydroxylation is 2. The molecule has 0 saturated heterocycles. The number of benzene rings is 2. The quantitative estimate of drug-likeness (QED) is 0.268. The fraction of sp³-hybridized carbons (Fsp3) is 0.458. The highest BCUT2D eigenvalue weighted by Crippen LogP contribution is 2.21. The molecule has 0 aliphatic heterocycles. The molecule has 0 unspecified atom stereocenters. The van der Waals surface area contributed by atoms with Gasteiger partial charge >= 0.3 is 0 Å². The fourth-order valence-corrected chi connectivity index (χ4v) is 3.84. The Labute approximate surface area is 177 Å². The highest BCUT2D eigenvalue weighted by atomic mass is 19.1. The Bertz CT molecular complexity index is 801. The average molecular weight is 419 g/mol. The van der Waals surface area contributed by atoms with E-state index in [9.17, 15) is 13.6 Å². The predicted molar refractivity (Wildman–Crippen MR) is 114 cm³/mol. The van der Waals surface area contributed by atoms with E-state index in [2.05, 4.69) is 12.2 Å². The van der Waals surface area contributed by atoms with Gasteiger partial charge in [0.1, 0.15) is 11.6 Å². The summed E-state index contributed by atoms with van der Waals surface area (Å²) in [6.45, 7) is 6.28. The van der Waals surface area contributed by atoms with Gasteiger partial charge in [0.2, 0.25) is 5.91 Å². The predicted octanol–water partition coefficient (Wildman–Crippen LogP) is 5.16. The highest BCUT2D eigenvalue weighted by molar-refractivity contribution is 5.77. The monoisotopic (exact) mass is 418 g/mol. The summed E-state index contributed by atoms with van der Waals surface area (Å²) in [5.74, 6) is -1.26. The van der Waals surface area contributed by atoms with E-state index < -0.39 is 5.91 Å². The van der Waals surface area contributed by atoms with Crippen molar-refractivity contribution in [3.05, 3.63) is 70.3 Å². The maximum absolute atomic E-state index is 13.9. The first-order chi connectivity index (χ1) is 14.3. The van der Waals surface area contributed by atoms with Gasteiger partial charge in [-0.25, -0.2) is 14.3 Å². The van der Waals surface area contributed by atoms with Gasteiger partial charge in [0, 0.05) is 12.0 Å². The Hall–Kier alpha value is -2.31. The number of rotatable bonds is 11. The van der Waals surface area contributed by atoms with Crippen LogP contribution in [0.4, 0.5) is 8.78 Å². The SMILES string of the molecule is CC[C@H](NCCCC[C@@H](Cc1cc(C)c(F)c(C)c1)C(=O)NO)c1ccc(F)cc1. The molecule has 0 radical (unpaired) electrons. The van der Waals surface area contributed by atoms with Crippen molar-refractivity contribution in [2.24, 2.45) is 5.92 Å². The summed E-state index contributed by atoms with van der Waals surface area (Å²) in [5, 5.41) is 12.6. The summed E-state index contributed by atoms with van der Waals surface area (Å²) in [4.78, 5) is 12.1. The van der Waals surface area contributed by atoms with Gasteiger partial charge < -0.3 is 5.32 Å². The van der Waals surface area contributed by atoms with Gasteiger partial charge in [0.15, 0.2) is 0 Å². The average Bonchev–Trinajstić information content (AvgIpc) is 2.73. The van der Waals surface area contributed by atoms with Gasteiger partial charge in [-0.1, -0.05) is 37.6 Å². The number of halogens is 2. The molecule has 0 aliphatic carbocycles. The normalized spacial score (nSPS) is 13.1. The van der Waals surface area contributed by atoms with Crippen molar-refractivity contribution in [3.63, 3.8) is 0 Å². The maximum Gasteiger partial charge on any atom is 0.246 e. The van der Waals surface area contributed by atoms with Gasteiger partial charge in [0.25, 0.3) is 0 Å². The number of carbonyl (C=O) groups is 1. The van der Waals surface area contributed by atoms with Gasteiger partial charge in [0.05, 0.1) is 0 Å². The van der Waals surface area contributed by atoms with Crippen molar-refractivity contribution in [3.8, 4) is 0 Å². The van der Waals surface area contributed by atoms with E-state index in [1.807, 2.05) is 0 Å². The van der Waals surface area contributed by atoms with Crippen molar-refractivity contribution in [2.75, 3.05) is 6.54 Å². The van der Waals surface area contributed by atoms with Crippen LogP contribution >= 0.6 is 0 Å². The van der Waals surface area contributed by atoms with E-state index in [4.69, 9.17) is 5.21 Å². The van der Waals surface area contributed by atoms with E-state index in [0.29, 0.717) is 24.0 Å². The lowest BCUT2D eigenvalue weighted by molar-refractivity contribution is -0.133. The molecule has 2 aromatic carbocycles. The second-order valence-corrected chi connectivity index (χ2v) is 7.88. The minimum Gasteiger partial charge on any atom is -0.310 e. The van der Waals surface area contributed by atoms with Crippen molar-refractivity contribution < 1.29 is 18.8 Å². The molecule has 0 aromatic heterocycles. The van der Waals surface area contributed by atoms with Crippen molar-refractivity contribution in [2.45, 2.75) is 58.9 Å². The van der Waals surface area contributed by atoms with Crippen molar-refractivity contribution in [1.82, 2.24) is 10.8 Å². The molecule has 0 spiro atoms. The number of hydroxylamine groups is 1. The maximum atomic E-state index is 13.9. The first kappa shape index (κ1) is 24.0. The zero-order valence-electron chi connectivity index (χ0n) is 18.0. The number of nitrogens with one attached hydrogen (secondary N) is 2. The second-order valence-electron chi connectivity index (χ2n) is 7.88. The number of amides is 1. The molecule has 0 fully saturated rings. The Morgan fingerprint density at radius 2 is 1.70 bits per heavy atom. The standard InChI is InChI=1S/C24H32F2N2O2/c1-4-22(19-8-10-21(25)11-9-19)27-12-6-5-7-20(24(29)28-30)15-18-13-16(2)23(26)17(3)14-18/h8-11,13-14,20,22,27,30H,4-7,12,15H2,1-3H3,(H,28,29)/t20-,22-/m0/s1. The van der Waals surface area contributed by atoms with E-state index >= 15 is 0 Å². The van der Waals surface area contributed by atoms with Crippen LogP contribution in [0.1, 0.15) is 60.9 Å². The molecule has 164 valence electrons. The van der Waals surface area contributed by atoms with Crippen molar-refractivity contribution >= 4 is 5.91 Å². The number of hydrogen-bond donors (Lipinski definition) is 3. The highest BCUT2D eigenvalue weighted by Gasteiger charge is 2.19. The van der Waals surface area contributed by atoms with Crippen LogP contribution < -0.4 is 10.8 Å². The van der Waals surface area contributed by atoms with Crippen LogP contribution in [0.2, 0.25) is 0 Å². The lowest BCUT2D eigenvalue weighted by atomic mass is 9.91. The molecule has 30 heavy (non-hydrogen) atoms. The van der Waals surface area contributed by atoms with Gasteiger partial charge in [-0.3, -0.25) is 10.0 Å². The van der Waals surface area contributed by atoms with E-state index in [1.54, 1.807) is 43.6 Å². The molecule has 0 bridgehead atoms. The second kappa shape index (κ2) is 11.8. The van der Waals surface area contributed by atoms with Crippen LogP contribution in [0.3, 0.4) is 0 Å². The number of hydrogen-bond acceptors (Lipinski definition) is 3. The third kappa shape index (κ3) is 6.89. The van der Waals surface area contributed by atoms with Crippen LogP contribution in [0.25, 0.3) is 0 Å². The topological polar surface area (TPSA) is 61.4 Å². The van der Waals surface area contributed by atoms with Gasteiger partial charge in [-0.2, -0.15) is 0 Å². The molecule has 1 amide bonds. The summed E-state index contributed by atoms with van der Waals surface area (Å²) in [6, 6.07) is 10.2. The molecule has 0 heterocycles. The van der Waals surface area contributed by atoms with E-state index in [-0.39, 0.29) is 23.6 Å². The molecule has 3 N–H and O–H groups in total. The minimum atomic E-state index is -0.416. The van der Waals surface area contributed by atoms with E-state index in [0.717, 1.165) is 36.9 Å². The zero-order valence-corrected chi connectivity index (χ0v) is 18.0. The number of unbranched alkanes of at least 4 members (excludes halogenated alkanes) is 1. The molecule has 2 atom stereocenters. The van der Waals surface area contributed by atoms with E-state index in [1.165, 1.54) is 12.1 Å². The Morgan fingerprint density at radius 3 is 2.27 bits per heavy atom. The Balaban J connectivity index is 1.86. The van der Waals surface area contributed by atoms with Crippen LogP contribution in [-0.4, -0.2) is 17.7 Å². The summed E-state index contributed by atoms with van der Waals surface area (Å²) in [6.07, 6.45) is 3.65. The smallest absolute Gasteiger partial charge is 0.246 e. The first-order valence-corrected chi connectivity index (χ1v) is 10.5. The third-order valence-electron chi connectivity index (χ3n) is 5.51. The molecular weight excluding hydrogens is 386 g/mol. The summed E-state index contributed by atoms with van der Waals surface area (Å²) in [7, 11) is 0. The van der Waals surface area contributed by atoms with Crippen LogP contribution in [0.5, 0.6) is 0 Å². The fourth-order valence-electron chi connectivity index (χ4n) is 3.84. The van der Waals surface area contributed by atoms with Crippen LogP contribution in [0, 0.1) is 31.4 Å². The Morgan fingerprint density at radius 1 is 1.07 bits per heavy atom. The number of carbonyl (C=O) groups excluding carboxylic acids is 1. The molecule has 0 aliphatic rings.